The summed E-state index contributed by atoms with van der Waals surface area (Å²) in [5.41, 5.74) is 4.31. The Morgan fingerprint density at radius 1 is 1.10 bits per heavy atom. The third kappa shape index (κ3) is 3.63. The molecule has 29 heavy (non-hydrogen) atoms. The molecule has 0 saturated carbocycles. The maximum Gasteiger partial charge on any atom is 0.280 e. The fourth-order valence-corrected chi connectivity index (χ4v) is 3.65. The molecule has 1 aromatic carbocycles. The first kappa shape index (κ1) is 19.5. The fraction of sp³-hybridized carbons (Fsp3) is 0.333. The van der Waals surface area contributed by atoms with Gasteiger partial charge in [-0.3, -0.25) is 4.79 Å². The molecule has 0 aliphatic heterocycles. The molecule has 0 aliphatic carbocycles. The zero-order chi connectivity index (χ0) is 20.5. The fourth-order valence-electron chi connectivity index (χ4n) is 3.52. The van der Waals surface area contributed by atoms with E-state index in [0.29, 0.717) is 28.2 Å². The number of aryl methyl sites for hydroxylation is 2. The smallest absolute Gasteiger partial charge is 0.280 e. The molecule has 0 atom stereocenters. The van der Waals surface area contributed by atoms with E-state index in [0.717, 1.165) is 36.2 Å². The molecule has 3 aromatic heterocycles. The van der Waals surface area contributed by atoms with E-state index < -0.39 is 0 Å². The van der Waals surface area contributed by atoms with E-state index in [-0.39, 0.29) is 5.56 Å². The molecule has 0 N–H and O–H groups in total. The monoisotopic (exact) mass is 410 g/mol. The number of nitrogens with zero attached hydrogens (tertiary/aromatic N) is 6. The first-order valence-electron chi connectivity index (χ1n) is 9.67. The van der Waals surface area contributed by atoms with Crippen LogP contribution in [0.4, 0.5) is 0 Å². The van der Waals surface area contributed by atoms with Crippen molar-refractivity contribution in [2.24, 2.45) is 0 Å². The van der Waals surface area contributed by atoms with Crippen LogP contribution in [0.25, 0.3) is 27.8 Å². The van der Waals surface area contributed by atoms with Crippen molar-refractivity contribution < 1.29 is 0 Å². The Morgan fingerprint density at radius 2 is 1.86 bits per heavy atom. The highest BCUT2D eigenvalue weighted by Gasteiger charge is 2.18. The number of benzene rings is 1. The van der Waals surface area contributed by atoms with Gasteiger partial charge < -0.3 is 9.47 Å². The summed E-state index contributed by atoms with van der Waals surface area (Å²) in [6.45, 7) is 3.61. The summed E-state index contributed by atoms with van der Waals surface area (Å²) in [7, 11) is 4.04. The molecule has 8 heteroatoms. The van der Waals surface area contributed by atoms with Crippen LogP contribution < -0.4 is 5.56 Å². The third-order valence-corrected chi connectivity index (χ3v) is 5.25. The average Bonchev–Trinajstić information content (AvgIpc) is 3.09. The molecule has 0 amide bonds. The molecule has 0 spiro atoms. The minimum Gasteiger partial charge on any atom is -0.313 e. The van der Waals surface area contributed by atoms with Crippen molar-refractivity contribution in [3.05, 3.63) is 57.6 Å². The Balaban J connectivity index is 1.85. The van der Waals surface area contributed by atoms with Gasteiger partial charge in [-0.25, -0.2) is 4.52 Å². The van der Waals surface area contributed by atoms with E-state index in [1.807, 2.05) is 50.6 Å². The summed E-state index contributed by atoms with van der Waals surface area (Å²) in [5.74, 6) is 0. The van der Waals surface area contributed by atoms with Crippen molar-refractivity contribution >= 4 is 28.3 Å². The van der Waals surface area contributed by atoms with Crippen LogP contribution in [-0.4, -0.2) is 49.9 Å². The SMILES string of the molecule is CCc1nn2c(nnc3c(=O)n(CCCN(C)C)ccc32)c1-c1ccc(Cl)cc1. The molecule has 150 valence electrons. The van der Waals surface area contributed by atoms with Gasteiger partial charge in [0.05, 0.1) is 11.3 Å². The van der Waals surface area contributed by atoms with Crippen LogP contribution in [0.15, 0.2) is 41.3 Å². The summed E-state index contributed by atoms with van der Waals surface area (Å²) < 4.78 is 3.42. The van der Waals surface area contributed by atoms with Crippen molar-refractivity contribution in [2.75, 3.05) is 20.6 Å². The number of rotatable bonds is 6. The van der Waals surface area contributed by atoms with Gasteiger partial charge in [0.1, 0.15) is 5.52 Å². The van der Waals surface area contributed by atoms with Gasteiger partial charge >= 0.3 is 0 Å². The van der Waals surface area contributed by atoms with Gasteiger partial charge in [-0.05, 0) is 57.2 Å². The lowest BCUT2D eigenvalue weighted by molar-refractivity contribution is 0.385. The molecule has 0 saturated heterocycles. The summed E-state index contributed by atoms with van der Waals surface area (Å²) in [5, 5.41) is 14.1. The Morgan fingerprint density at radius 3 is 2.55 bits per heavy atom. The molecule has 0 aliphatic rings. The summed E-state index contributed by atoms with van der Waals surface area (Å²) >= 11 is 6.04. The zero-order valence-corrected chi connectivity index (χ0v) is 17.5. The normalized spacial score (nSPS) is 11.8. The van der Waals surface area contributed by atoms with E-state index in [2.05, 4.69) is 22.0 Å². The molecule has 4 aromatic rings. The van der Waals surface area contributed by atoms with E-state index in [1.54, 1.807) is 9.08 Å². The Kier molecular flexibility index (Phi) is 5.34. The van der Waals surface area contributed by atoms with Gasteiger partial charge in [-0.2, -0.15) is 5.10 Å². The Bertz CT molecular complexity index is 1230. The first-order chi connectivity index (χ1) is 14.0. The standard InChI is InChI=1S/C21H23ClN6O/c1-4-16-18(14-6-8-15(22)9-7-14)20-24-23-19-17(28(20)25-16)10-13-27(21(19)29)12-5-11-26(2)3/h6-10,13H,4-5,11-12H2,1-3H3. The number of hydrogen-bond donors (Lipinski definition) is 0. The second-order valence-electron chi connectivity index (χ2n) is 7.32. The van der Waals surface area contributed by atoms with Gasteiger partial charge in [0.2, 0.25) is 0 Å². The minimum absolute atomic E-state index is 0.141. The summed E-state index contributed by atoms with van der Waals surface area (Å²) in [4.78, 5) is 15.0. The predicted molar refractivity (Wildman–Crippen MR) is 116 cm³/mol. The van der Waals surface area contributed by atoms with Crippen LogP contribution in [0.5, 0.6) is 0 Å². The summed E-state index contributed by atoms with van der Waals surface area (Å²) in [6, 6.07) is 9.49. The maximum atomic E-state index is 12.9. The highest BCUT2D eigenvalue weighted by atomic mass is 35.5. The van der Waals surface area contributed by atoms with E-state index in [9.17, 15) is 4.79 Å². The first-order valence-corrected chi connectivity index (χ1v) is 10.1. The van der Waals surface area contributed by atoms with Gasteiger partial charge in [0.25, 0.3) is 5.56 Å². The molecule has 0 fully saturated rings. The number of pyridine rings is 1. The summed E-state index contributed by atoms with van der Waals surface area (Å²) in [6.07, 6.45) is 3.44. The second kappa shape index (κ2) is 7.93. The van der Waals surface area contributed by atoms with Crippen LogP contribution in [0, 0.1) is 0 Å². The Labute approximate surface area is 173 Å². The van der Waals surface area contributed by atoms with Gasteiger partial charge in [0, 0.05) is 17.8 Å². The van der Waals surface area contributed by atoms with Crippen LogP contribution >= 0.6 is 11.6 Å². The van der Waals surface area contributed by atoms with Crippen LogP contribution in [-0.2, 0) is 13.0 Å². The number of aromatic nitrogens is 5. The average molecular weight is 411 g/mol. The second-order valence-corrected chi connectivity index (χ2v) is 7.76. The lowest BCUT2D eigenvalue weighted by atomic mass is 10.0. The lowest BCUT2D eigenvalue weighted by Gasteiger charge is -2.11. The highest BCUT2D eigenvalue weighted by Crippen LogP contribution is 2.29. The van der Waals surface area contributed by atoms with E-state index in [4.69, 9.17) is 16.7 Å². The number of halogens is 1. The van der Waals surface area contributed by atoms with E-state index >= 15 is 0 Å². The van der Waals surface area contributed by atoms with Crippen molar-refractivity contribution in [1.29, 1.82) is 0 Å². The van der Waals surface area contributed by atoms with Crippen molar-refractivity contribution in [3.8, 4) is 11.1 Å². The highest BCUT2D eigenvalue weighted by molar-refractivity contribution is 6.30. The molecule has 0 unspecified atom stereocenters. The van der Waals surface area contributed by atoms with Crippen molar-refractivity contribution in [1.82, 2.24) is 29.3 Å². The zero-order valence-electron chi connectivity index (χ0n) is 16.8. The third-order valence-electron chi connectivity index (χ3n) is 5.00. The van der Waals surface area contributed by atoms with Crippen LogP contribution in [0.3, 0.4) is 0 Å². The predicted octanol–water partition coefficient (Wildman–Crippen LogP) is 3.27. The Hall–Kier alpha value is -2.77. The van der Waals surface area contributed by atoms with Crippen LogP contribution in [0.2, 0.25) is 5.02 Å². The lowest BCUT2D eigenvalue weighted by Crippen LogP contribution is -2.24. The number of hydrogen-bond acceptors (Lipinski definition) is 5. The van der Waals surface area contributed by atoms with E-state index in [1.165, 1.54) is 0 Å². The number of fused-ring (bicyclic) bond motifs is 3. The van der Waals surface area contributed by atoms with Gasteiger partial charge in [-0.15, -0.1) is 10.2 Å². The quantitative estimate of drug-likeness (QED) is 0.488. The minimum atomic E-state index is -0.141. The topological polar surface area (TPSA) is 68.3 Å². The molecule has 4 rings (SSSR count). The molecule has 3 heterocycles. The van der Waals surface area contributed by atoms with Crippen molar-refractivity contribution in [2.45, 2.75) is 26.3 Å². The molecule has 7 nitrogen and oxygen atoms in total. The molecular weight excluding hydrogens is 388 g/mol. The van der Waals surface area contributed by atoms with Gasteiger partial charge in [-0.1, -0.05) is 30.7 Å². The molecule has 0 radical (unpaired) electrons. The van der Waals surface area contributed by atoms with Gasteiger partial charge in [0.15, 0.2) is 11.2 Å². The largest absolute Gasteiger partial charge is 0.313 e. The molecular formula is C21H23ClN6O. The van der Waals surface area contributed by atoms with Crippen LogP contribution in [0.1, 0.15) is 19.0 Å². The maximum absolute atomic E-state index is 12.9. The van der Waals surface area contributed by atoms with Crippen molar-refractivity contribution in [3.63, 3.8) is 0 Å². The molecule has 0 bridgehead atoms.